The van der Waals surface area contributed by atoms with Gasteiger partial charge in [-0.3, -0.25) is 4.79 Å². The Labute approximate surface area is 176 Å². The van der Waals surface area contributed by atoms with Crippen molar-refractivity contribution in [2.75, 3.05) is 0 Å². The number of allylic oxidation sites excluding steroid dienone is 1. The Balaban J connectivity index is 1.54. The van der Waals surface area contributed by atoms with Gasteiger partial charge in [0.2, 0.25) is 5.91 Å². The molecular weight excluding hydrogens is 358 g/mol. The maximum Gasteiger partial charge on any atom is 0.223 e. The van der Waals surface area contributed by atoms with Crippen LogP contribution in [0.15, 0.2) is 24.3 Å². The zero-order valence-electron chi connectivity index (χ0n) is 18.7. The summed E-state index contributed by atoms with van der Waals surface area (Å²) < 4.78 is 0. The van der Waals surface area contributed by atoms with Crippen LogP contribution in [-0.4, -0.2) is 28.0 Å². The molecule has 3 nitrogen and oxygen atoms in total. The summed E-state index contributed by atoms with van der Waals surface area (Å²) in [5.41, 5.74) is 2.85. The van der Waals surface area contributed by atoms with Crippen LogP contribution in [0, 0.1) is 23.2 Å². The van der Waals surface area contributed by atoms with Crippen LogP contribution in [0.4, 0.5) is 0 Å². The molecule has 1 aromatic carbocycles. The van der Waals surface area contributed by atoms with E-state index >= 15 is 0 Å². The molecule has 1 amide bonds. The van der Waals surface area contributed by atoms with Crippen LogP contribution in [-0.2, 0) is 4.79 Å². The van der Waals surface area contributed by atoms with Gasteiger partial charge in [0.25, 0.3) is 0 Å². The lowest BCUT2D eigenvalue weighted by molar-refractivity contribution is -0.137. The molecule has 0 aromatic heterocycles. The minimum Gasteiger partial charge on any atom is -0.508 e. The highest BCUT2D eigenvalue weighted by Gasteiger charge is 2.54. The third-order valence-corrected chi connectivity index (χ3v) is 8.32. The van der Waals surface area contributed by atoms with Crippen LogP contribution in [0.25, 0.3) is 6.08 Å². The number of amides is 1. The Morgan fingerprint density at radius 1 is 1.17 bits per heavy atom. The number of aromatic hydroxyl groups is 1. The van der Waals surface area contributed by atoms with Crippen molar-refractivity contribution in [2.45, 2.75) is 84.7 Å². The first kappa shape index (κ1) is 20.5. The van der Waals surface area contributed by atoms with Gasteiger partial charge in [0.15, 0.2) is 0 Å². The lowest BCUT2D eigenvalue weighted by Crippen LogP contribution is -2.45. The highest BCUT2D eigenvalue weighted by Crippen LogP contribution is 2.63. The van der Waals surface area contributed by atoms with Gasteiger partial charge < -0.3 is 10.0 Å². The van der Waals surface area contributed by atoms with E-state index in [2.05, 4.69) is 57.7 Å². The fraction of sp³-hybridized carbons (Fsp3) is 0.654. The Bertz CT molecular complexity index is 803. The monoisotopic (exact) mass is 395 g/mol. The van der Waals surface area contributed by atoms with Crippen molar-refractivity contribution >= 4 is 12.0 Å². The van der Waals surface area contributed by atoms with Gasteiger partial charge in [-0.25, -0.2) is 0 Å². The van der Waals surface area contributed by atoms with Crippen LogP contribution in [0.5, 0.6) is 5.75 Å². The van der Waals surface area contributed by atoms with Gasteiger partial charge in [0.05, 0.1) is 0 Å². The first-order chi connectivity index (χ1) is 13.7. The Kier molecular flexibility index (Phi) is 5.29. The van der Waals surface area contributed by atoms with Crippen LogP contribution in [0.2, 0.25) is 0 Å². The molecule has 1 aromatic rings. The number of phenols is 1. The van der Waals surface area contributed by atoms with Crippen LogP contribution >= 0.6 is 0 Å². The van der Waals surface area contributed by atoms with E-state index in [0.29, 0.717) is 41.7 Å². The number of rotatable bonds is 4. The van der Waals surface area contributed by atoms with Crippen molar-refractivity contribution in [3.05, 3.63) is 35.4 Å². The summed E-state index contributed by atoms with van der Waals surface area (Å²) >= 11 is 0. The third-order valence-electron chi connectivity index (χ3n) is 8.32. The highest BCUT2D eigenvalue weighted by atomic mass is 16.3. The molecule has 0 radical (unpaired) electrons. The second kappa shape index (κ2) is 7.49. The lowest BCUT2D eigenvalue weighted by atomic mass is 9.55. The smallest absolute Gasteiger partial charge is 0.223 e. The van der Waals surface area contributed by atoms with Crippen LogP contribution in [0.3, 0.4) is 0 Å². The zero-order chi connectivity index (χ0) is 20.9. The summed E-state index contributed by atoms with van der Waals surface area (Å²) in [4.78, 5) is 15.2. The summed E-state index contributed by atoms with van der Waals surface area (Å²) in [6.45, 7) is 11.0. The van der Waals surface area contributed by atoms with E-state index in [-0.39, 0.29) is 17.5 Å². The lowest BCUT2D eigenvalue weighted by Gasteiger charge is -2.49. The van der Waals surface area contributed by atoms with Crippen LogP contribution in [0.1, 0.15) is 83.8 Å². The molecule has 1 N–H and O–H groups in total. The number of phenolic OH excluding ortho intramolecular Hbond substituents is 1. The Morgan fingerprint density at radius 2 is 1.90 bits per heavy atom. The average molecular weight is 396 g/mol. The summed E-state index contributed by atoms with van der Waals surface area (Å²) in [5, 5.41) is 9.85. The predicted molar refractivity (Wildman–Crippen MR) is 119 cm³/mol. The largest absolute Gasteiger partial charge is 0.508 e. The van der Waals surface area contributed by atoms with Gasteiger partial charge in [-0.05, 0) is 106 Å². The molecule has 5 atom stereocenters. The second-order valence-corrected chi connectivity index (χ2v) is 10.5. The fourth-order valence-corrected chi connectivity index (χ4v) is 7.02. The number of nitrogens with zero attached hydrogens (tertiary/aromatic N) is 1. The van der Waals surface area contributed by atoms with Gasteiger partial charge in [-0.15, -0.1) is 0 Å². The van der Waals surface area contributed by atoms with Crippen molar-refractivity contribution in [3.63, 3.8) is 0 Å². The van der Waals surface area contributed by atoms with Gasteiger partial charge >= 0.3 is 0 Å². The molecule has 3 aliphatic rings. The third kappa shape index (κ3) is 3.41. The maximum absolute atomic E-state index is 13.2. The number of benzene rings is 1. The van der Waals surface area contributed by atoms with E-state index in [1.54, 1.807) is 0 Å². The van der Waals surface area contributed by atoms with Gasteiger partial charge in [0.1, 0.15) is 5.75 Å². The molecule has 0 saturated heterocycles. The summed E-state index contributed by atoms with van der Waals surface area (Å²) in [5.74, 6) is 2.97. The van der Waals surface area contributed by atoms with Crippen molar-refractivity contribution in [1.82, 2.24) is 4.90 Å². The minimum absolute atomic E-state index is 0.259. The molecule has 0 aliphatic heterocycles. The van der Waals surface area contributed by atoms with E-state index in [1.165, 1.54) is 36.8 Å². The summed E-state index contributed by atoms with van der Waals surface area (Å²) in [6.07, 6.45) is 10.1. The van der Waals surface area contributed by atoms with Crippen molar-refractivity contribution in [2.24, 2.45) is 23.2 Å². The molecule has 158 valence electrons. The predicted octanol–water partition coefficient (Wildman–Crippen LogP) is 5.98. The minimum atomic E-state index is 0.259. The topological polar surface area (TPSA) is 40.5 Å². The van der Waals surface area contributed by atoms with Gasteiger partial charge in [-0.1, -0.05) is 25.1 Å². The normalized spacial score (nSPS) is 32.8. The molecule has 3 aliphatic carbocycles. The molecule has 4 rings (SSSR count). The molecule has 29 heavy (non-hydrogen) atoms. The van der Waals surface area contributed by atoms with E-state index in [0.717, 1.165) is 0 Å². The van der Waals surface area contributed by atoms with Crippen LogP contribution < -0.4 is 0 Å². The van der Waals surface area contributed by atoms with Crippen molar-refractivity contribution in [3.8, 4) is 5.75 Å². The first-order valence-electron chi connectivity index (χ1n) is 11.5. The van der Waals surface area contributed by atoms with E-state index in [9.17, 15) is 9.90 Å². The SMILES string of the molecule is CC(C)N(C(=O)C[C@H]1CC[C@H]2[C@@H]3C=Cc4cc(O)ccc4[C@H]3CC[C@]12C)C(C)C. The molecule has 0 bridgehead atoms. The van der Waals surface area contributed by atoms with Gasteiger partial charge in [0, 0.05) is 18.5 Å². The Morgan fingerprint density at radius 3 is 2.59 bits per heavy atom. The number of carbonyl (C=O) groups excluding carboxylic acids is 1. The molecule has 0 heterocycles. The average Bonchev–Trinajstić information content (AvgIpc) is 2.97. The maximum atomic E-state index is 13.2. The van der Waals surface area contributed by atoms with Gasteiger partial charge in [-0.2, -0.15) is 0 Å². The van der Waals surface area contributed by atoms with Crippen molar-refractivity contribution in [1.29, 1.82) is 0 Å². The Hall–Kier alpha value is -1.77. The highest BCUT2D eigenvalue weighted by molar-refractivity contribution is 5.77. The summed E-state index contributed by atoms with van der Waals surface area (Å²) in [6, 6.07) is 6.40. The van der Waals surface area contributed by atoms with E-state index in [4.69, 9.17) is 0 Å². The number of hydrogen-bond donors (Lipinski definition) is 1. The quantitative estimate of drug-likeness (QED) is 0.681. The number of hydrogen-bond acceptors (Lipinski definition) is 2. The number of fused-ring (bicyclic) bond motifs is 5. The van der Waals surface area contributed by atoms with E-state index in [1.807, 2.05) is 12.1 Å². The van der Waals surface area contributed by atoms with E-state index < -0.39 is 0 Å². The standard InChI is InChI=1S/C26H37NO2/c1-16(2)27(17(3)4)25(29)15-19-7-11-24-23-9-6-18-14-20(28)8-10-21(18)22(23)12-13-26(19,24)5/h6,8-10,14,16-17,19,22-24,28H,7,11-13,15H2,1-5H3/t19-,22-,23-,24+,26-/m1/s1. The molecular formula is C26H37NO2. The molecule has 2 saturated carbocycles. The summed E-state index contributed by atoms with van der Waals surface area (Å²) in [7, 11) is 0. The molecule has 2 fully saturated rings. The first-order valence-corrected chi connectivity index (χ1v) is 11.5. The second-order valence-electron chi connectivity index (χ2n) is 10.5. The molecule has 0 unspecified atom stereocenters. The number of carbonyl (C=O) groups is 1. The molecule has 3 heteroatoms. The molecule has 0 spiro atoms. The fourth-order valence-electron chi connectivity index (χ4n) is 7.02. The zero-order valence-corrected chi connectivity index (χ0v) is 18.7. The van der Waals surface area contributed by atoms with Crippen molar-refractivity contribution < 1.29 is 9.90 Å².